The highest BCUT2D eigenvalue weighted by Crippen LogP contribution is 2.36. The van der Waals surface area contributed by atoms with E-state index in [0.29, 0.717) is 17.1 Å². The van der Waals surface area contributed by atoms with Crippen LogP contribution in [0.3, 0.4) is 0 Å². The standard InChI is InChI=1S/C10H18O/c1-10(2,3)8-5-4-6-9(11)7-8/h8H,4-7H2,1-3H3/t8-/m1/s1. The Morgan fingerprint density at radius 2 is 2.00 bits per heavy atom. The fourth-order valence-corrected chi connectivity index (χ4v) is 1.76. The zero-order valence-electron chi connectivity index (χ0n) is 7.81. The van der Waals surface area contributed by atoms with Crippen molar-refractivity contribution in [3.63, 3.8) is 0 Å². The summed E-state index contributed by atoms with van der Waals surface area (Å²) in [4.78, 5) is 11.1. The molecule has 0 heterocycles. The summed E-state index contributed by atoms with van der Waals surface area (Å²) in [5, 5.41) is 0. The molecule has 0 unspecified atom stereocenters. The first-order chi connectivity index (χ1) is 5.00. The zero-order valence-corrected chi connectivity index (χ0v) is 7.81. The topological polar surface area (TPSA) is 17.1 Å². The Hall–Kier alpha value is -0.330. The van der Waals surface area contributed by atoms with E-state index in [9.17, 15) is 4.79 Å². The molecule has 0 aromatic rings. The van der Waals surface area contributed by atoms with E-state index < -0.39 is 0 Å². The summed E-state index contributed by atoms with van der Waals surface area (Å²) in [6.45, 7) is 6.70. The van der Waals surface area contributed by atoms with Crippen molar-refractivity contribution < 1.29 is 4.79 Å². The SMILES string of the molecule is CC(C)(C)[C@@H]1CCCC(=O)C1. The van der Waals surface area contributed by atoms with Gasteiger partial charge in [0.1, 0.15) is 5.78 Å². The number of hydrogen-bond donors (Lipinski definition) is 0. The molecule has 1 atom stereocenters. The minimum absolute atomic E-state index is 0.329. The van der Waals surface area contributed by atoms with Crippen LogP contribution in [-0.2, 0) is 4.79 Å². The molecule has 1 aliphatic carbocycles. The first kappa shape index (κ1) is 8.76. The van der Waals surface area contributed by atoms with E-state index in [4.69, 9.17) is 0 Å². The fraction of sp³-hybridized carbons (Fsp3) is 0.900. The molecule has 1 heteroatoms. The van der Waals surface area contributed by atoms with Crippen LogP contribution in [0.4, 0.5) is 0 Å². The van der Waals surface area contributed by atoms with E-state index in [-0.39, 0.29) is 0 Å². The molecule has 0 amide bonds. The summed E-state index contributed by atoms with van der Waals surface area (Å²) in [5.41, 5.74) is 0.329. The molecule has 1 rings (SSSR count). The Morgan fingerprint density at radius 3 is 2.36 bits per heavy atom. The maximum atomic E-state index is 11.1. The normalized spacial score (nSPS) is 27.2. The summed E-state index contributed by atoms with van der Waals surface area (Å²) in [6, 6.07) is 0. The Morgan fingerprint density at radius 1 is 1.36 bits per heavy atom. The first-order valence-corrected chi connectivity index (χ1v) is 4.52. The second-order valence-corrected chi connectivity index (χ2v) is 4.70. The molecule has 11 heavy (non-hydrogen) atoms. The lowest BCUT2D eigenvalue weighted by Crippen LogP contribution is -2.26. The van der Waals surface area contributed by atoms with E-state index in [0.717, 1.165) is 19.3 Å². The molecule has 1 aliphatic rings. The zero-order chi connectivity index (χ0) is 8.48. The van der Waals surface area contributed by atoms with Gasteiger partial charge in [-0.1, -0.05) is 20.8 Å². The van der Waals surface area contributed by atoms with Crippen molar-refractivity contribution in [3.8, 4) is 0 Å². The van der Waals surface area contributed by atoms with Gasteiger partial charge in [0.05, 0.1) is 0 Å². The molecule has 0 aromatic heterocycles. The second-order valence-electron chi connectivity index (χ2n) is 4.70. The Kier molecular flexibility index (Phi) is 2.36. The smallest absolute Gasteiger partial charge is 0.133 e. The van der Waals surface area contributed by atoms with Crippen LogP contribution in [0.25, 0.3) is 0 Å². The van der Waals surface area contributed by atoms with Crippen LogP contribution in [0.15, 0.2) is 0 Å². The molecule has 0 bridgehead atoms. The molecule has 0 spiro atoms. The highest BCUT2D eigenvalue weighted by atomic mass is 16.1. The van der Waals surface area contributed by atoms with Gasteiger partial charge in [-0.2, -0.15) is 0 Å². The van der Waals surface area contributed by atoms with Crippen LogP contribution in [0, 0.1) is 11.3 Å². The fourth-order valence-electron chi connectivity index (χ4n) is 1.76. The molecule has 1 fully saturated rings. The lowest BCUT2D eigenvalue weighted by molar-refractivity contribution is -0.122. The number of rotatable bonds is 0. The highest BCUT2D eigenvalue weighted by Gasteiger charge is 2.29. The molecule has 0 radical (unpaired) electrons. The Balaban J connectivity index is 2.53. The van der Waals surface area contributed by atoms with Crippen molar-refractivity contribution in [2.24, 2.45) is 11.3 Å². The number of Topliss-reactive ketones (excluding diaryl/α,β-unsaturated/α-hetero) is 1. The Bertz CT molecular complexity index is 153. The average Bonchev–Trinajstić information content (AvgIpc) is 1.86. The largest absolute Gasteiger partial charge is 0.300 e. The van der Waals surface area contributed by atoms with E-state index in [1.807, 2.05) is 0 Å². The summed E-state index contributed by atoms with van der Waals surface area (Å²) in [5.74, 6) is 1.10. The van der Waals surface area contributed by atoms with Crippen molar-refractivity contribution in [2.45, 2.75) is 46.5 Å². The highest BCUT2D eigenvalue weighted by molar-refractivity contribution is 5.79. The molecule has 0 aromatic carbocycles. The predicted molar refractivity (Wildman–Crippen MR) is 46.4 cm³/mol. The first-order valence-electron chi connectivity index (χ1n) is 4.52. The van der Waals surface area contributed by atoms with E-state index in [1.54, 1.807) is 0 Å². The molecule has 0 saturated heterocycles. The van der Waals surface area contributed by atoms with E-state index in [1.165, 1.54) is 6.42 Å². The molecule has 0 N–H and O–H groups in total. The van der Waals surface area contributed by atoms with Crippen molar-refractivity contribution in [1.29, 1.82) is 0 Å². The number of carbonyl (C=O) groups is 1. The van der Waals surface area contributed by atoms with Crippen molar-refractivity contribution in [2.75, 3.05) is 0 Å². The minimum Gasteiger partial charge on any atom is -0.300 e. The lowest BCUT2D eigenvalue weighted by atomic mass is 9.72. The summed E-state index contributed by atoms with van der Waals surface area (Å²) in [6.07, 6.45) is 4.01. The van der Waals surface area contributed by atoms with Gasteiger partial charge in [-0.15, -0.1) is 0 Å². The van der Waals surface area contributed by atoms with Crippen LogP contribution in [0.5, 0.6) is 0 Å². The molecule has 0 aliphatic heterocycles. The quantitative estimate of drug-likeness (QED) is 0.524. The summed E-state index contributed by atoms with van der Waals surface area (Å²) in [7, 11) is 0. The summed E-state index contributed by atoms with van der Waals surface area (Å²) < 4.78 is 0. The maximum Gasteiger partial charge on any atom is 0.133 e. The average molecular weight is 154 g/mol. The van der Waals surface area contributed by atoms with Gasteiger partial charge in [0.25, 0.3) is 0 Å². The van der Waals surface area contributed by atoms with Crippen LogP contribution in [0.2, 0.25) is 0 Å². The van der Waals surface area contributed by atoms with E-state index in [2.05, 4.69) is 20.8 Å². The third-order valence-corrected chi connectivity index (χ3v) is 2.71. The van der Waals surface area contributed by atoms with Gasteiger partial charge in [-0.25, -0.2) is 0 Å². The van der Waals surface area contributed by atoms with Gasteiger partial charge in [0.15, 0.2) is 0 Å². The van der Waals surface area contributed by atoms with Crippen molar-refractivity contribution in [1.82, 2.24) is 0 Å². The molecule has 64 valence electrons. The maximum absolute atomic E-state index is 11.1. The van der Waals surface area contributed by atoms with Crippen LogP contribution in [0.1, 0.15) is 46.5 Å². The van der Waals surface area contributed by atoms with Crippen LogP contribution in [-0.4, -0.2) is 5.78 Å². The third kappa shape index (κ3) is 2.32. The second kappa shape index (κ2) is 2.96. The monoisotopic (exact) mass is 154 g/mol. The van der Waals surface area contributed by atoms with Gasteiger partial charge in [-0.3, -0.25) is 4.79 Å². The number of hydrogen-bond acceptors (Lipinski definition) is 1. The minimum atomic E-state index is 0.329. The predicted octanol–water partition coefficient (Wildman–Crippen LogP) is 2.79. The number of carbonyl (C=O) groups excluding carboxylic acids is 1. The van der Waals surface area contributed by atoms with Crippen molar-refractivity contribution in [3.05, 3.63) is 0 Å². The summed E-state index contributed by atoms with van der Waals surface area (Å²) >= 11 is 0. The van der Waals surface area contributed by atoms with Crippen LogP contribution < -0.4 is 0 Å². The third-order valence-electron chi connectivity index (χ3n) is 2.71. The van der Waals surface area contributed by atoms with Gasteiger partial charge in [-0.05, 0) is 24.2 Å². The molecule has 1 nitrogen and oxygen atoms in total. The van der Waals surface area contributed by atoms with Crippen molar-refractivity contribution >= 4 is 5.78 Å². The van der Waals surface area contributed by atoms with Crippen LogP contribution >= 0.6 is 0 Å². The molecule has 1 saturated carbocycles. The number of ketones is 1. The molecular formula is C10H18O. The Labute approximate surface area is 69.2 Å². The van der Waals surface area contributed by atoms with Gasteiger partial charge < -0.3 is 0 Å². The van der Waals surface area contributed by atoms with Gasteiger partial charge >= 0.3 is 0 Å². The van der Waals surface area contributed by atoms with Gasteiger partial charge in [0.2, 0.25) is 0 Å². The van der Waals surface area contributed by atoms with Gasteiger partial charge in [0, 0.05) is 12.8 Å². The lowest BCUT2D eigenvalue weighted by Gasteiger charge is -2.32. The van der Waals surface area contributed by atoms with E-state index >= 15 is 0 Å². The molecular weight excluding hydrogens is 136 g/mol.